The highest BCUT2D eigenvalue weighted by Gasteiger charge is 2.08. The largest absolute Gasteiger partial charge is 0.307 e. The van der Waals surface area contributed by atoms with E-state index in [0.717, 1.165) is 12.2 Å². The quantitative estimate of drug-likeness (QED) is 0.690. The van der Waals surface area contributed by atoms with Crippen molar-refractivity contribution in [2.24, 2.45) is 7.05 Å². The first-order chi connectivity index (χ1) is 5.16. The minimum Gasteiger partial charge on any atom is -0.307 e. The van der Waals surface area contributed by atoms with Crippen LogP contribution in [0.2, 0.25) is 0 Å². The van der Waals surface area contributed by atoms with Gasteiger partial charge in [-0.05, 0) is 18.6 Å². The Balaban J connectivity index is 3.04. The van der Waals surface area contributed by atoms with E-state index in [4.69, 9.17) is 12.2 Å². The average molecular weight is 171 g/mol. The molecule has 0 aliphatic carbocycles. The van der Waals surface area contributed by atoms with Gasteiger partial charge in [0, 0.05) is 13.0 Å². The minimum atomic E-state index is 0.480. The van der Waals surface area contributed by atoms with Gasteiger partial charge in [0.05, 0.1) is 0 Å². The van der Waals surface area contributed by atoms with Gasteiger partial charge >= 0.3 is 0 Å². The predicted octanol–water partition coefficient (Wildman–Crippen LogP) is 1.99. The van der Waals surface area contributed by atoms with Crippen molar-refractivity contribution in [2.75, 3.05) is 0 Å². The first-order valence-electron chi connectivity index (χ1n) is 3.78. The summed E-state index contributed by atoms with van der Waals surface area (Å²) in [4.78, 5) is 0. The molecule has 1 heterocycles. The number of rotatable bonds is 2. The predicted molar refractivity (Wildman–Crippen MR) is 47.1 cm³/mol. The van der Waals surface area contributed by atoms with Crippen LogP contribution in [0.25, 0.3) is 0 Å². The van der Waals surface area contributed by atoms with Crippen molar-refractivity contribution >= 4 is 12.2 Å². The molecule has 0 spiro atoms. The lowest BCUT2D eigenvalue weighted by Gasteiger charge is -2.05. The van der Waals surface area contributed by atoms with Crippen molar-refractivity contribution < 1.29 is 0 Å². The van der Waals surface area contributed by atoms with E-state index in [1.807, 2.05) is 11.6 Å². The molecule has 11 heavy (non-hydrogen) atoms. The highest BCUT2D eigenvalue weighted by atomic mass is 32.1. The van der Waals surface area contributed by atoms with Crippen LogP contribution in [0.5, 0.6) is 0 Å². The van der Waals surface area contributed by atoms with Gasteiger partial charge in [0.2, 0.25) is 0 Å². The van der Waals surface area contributed by atoms with Crippen molar-refractivity contribution in [1.29, 1.82) is 0 Å². The highest BCUT2D eigenvalue weighted by Crippen LogP contribution is 2.14. The molecule has 4 heteroatoms. The average Bonchev–Trinajstić information content (AvgIpc) is 2.32. The maximum atomic E-state index is 4.99. The van der Waals surface area contributed by atoms with E-state index < -0.39 is 0 Å². The topological polar surface area (TPSA) is 33.6 Å². The van der Waals surface area contributed by atoms with Crippen LogP contribution in [0.1, 0.15) is 32.0 Å². The van der Waals surface area contributed by atoms with E-state index in [9.17, 15) is 0 Å². The minimum absolute atomic E-state index is 0.480. The maximum absolute atomic E-state index is 4.99. The third-order valence-corrected chi connectivity index (χ3v) is 2.33. The van der Waals surface area contributed by atoms with Crippen LogP contribution in [0, 0.1) is 4.77 Å². The molecule has 0 amide bonds. The van der Waals surface area contributed by atoms with Crippen LogP contribution in [0.4, 0.5) is 0 Å². The van der Waals surface area contributed by atoms with Crippen LogP contribution in [0.15, 0.2) is 0 Å². The van der Waals surface area contributed by atoms with E-state index >= 15 is 0 Å². The molecule has 0 fully saturated rings. The van der Waals surface area contributed by atoms with E-state index in [2.05, 4.69) is 24.0 Å². The van der Waals surface area contributed by atoms with Crippen molar-refractivity contribution in [3.63, 3.8) is 0 Å². The molecule has 0 aromatic carbocycles. The number of aromatic amines is 1. The molecule has 62 valence electrons. The Morgan fingerprint density at radius 2 is 2.36 bits per heavy atom. The Hall–Kier alpha value is -0.640. The van der Waals surface area contributed by atoms with E-state index in [0.29, 0.717) is 10.7 Å². The molecule has 0 bridgehead atoms. The summed E-state index contributed by atoms with van der Waals surface area (Å²) in [5.41, 5.74) is 0. The zero-order chi connectivity index (χ0) is 8.43. The lowest BCUT2D eigenvalue weighted by atomic mass is 10.1. The number of hydrogen-bond acceptors (Lipinski definition) is 2. The Kier molecular flexibility index (Phi) is 2.44. The van der Waals surface area contributed by atoms with Crippen molar-refractivity contribution in [2.45, 2.75) is 26.2 Å². The molecule has 0 aliphatic heterocycles. The van der Waals surface area contributed by atoms with Gasteiger partial charge in [-0.3, -0.25) is 5.10 Å². The number of aromatic nitrogens is 3. The standard InChI is InChI=1S/C7H13N3S/c1-4-5(2)6-8-9-7(11)10(6)3/h5H,4H2,1-3H3,(H,9,11). The molecule has 1 unspecified atom stereocenters. The number of nitrogens with one attached hydrogen (secondary N) is 1. The summed E-state index contributed by atoms with van der Waals surface area (Å²) in [5.74, 6) is 1.52. The summed E-state index contributed by atoms with van der Waals surface area (Å²) in [6, 6.07) is 0. The second-order valence-corrected chi connectivity index (χ2v) is 3.14. The summed E-state index contributed by atoms with van der Waals surface area (Å²) >= 11 is 4.99. The summed E-state index contributed by atoms with van der Waals surface area (Å²) in [6.45, 7) is 4.29. The first-order valence-corrected chi connectivity index (χ1v) is 4.19. The number of hydrogen-bond donors (Lipinski definition) is 1. The SMILES string of the molecule is CCC(C)c1n[nH]c(=S)n1C. The molecule has 1 rings (SSSR count). The van der Waals surface area contributed by atoms with Crippen LogP contribution < -0.4 is 0 Å². The zero-order valence-corrected chi connectivity index (χ0v) is 7.90. The molecule has 0 radical (unpaired) electrons. The molecular weight excluding hydrogens is 158 g/mol. The van der Waals surface area contributed by atoms with Crippen LogP contribution in [-0.4, -0.2) is 14.8 Å². The van der Waals surface area contributed by atoms with Gasteiger partial charge in [-0.2, -0.15) is 5.10 Å². The second kappa shape index (κ2) is 3.17. The molecule has 3 nitrogen and oxygen atoms in total. The number of nitrogens with zero attached hydrogens (tertiary/aromatic N) is 2. The van der Waals surface area contributed by atoms with Crippen LogP contribution in [-0.2, 0) is 7.05 Å². The van der Waals surface area contributed by atoms with Gasteiger partial charge < -0.3 is 4.57 Å². The van der Waals surface area contributed by atoms with Crippen molar-refractivity contribution in [3.05, 3.63) is 10.6 Å². The molecule has 1 atom stereocenters. The number of H-pyrrole nitrogens is 1. The van der Waals surface area contributed by atoms with E-state index in [1.165, 1.54) is 0 Å². The molecular formula is C7H13N3S. The fourth-order valence-corrected chi connectivity index (χ4v) is 1.12. The van der Waals surface area contributed by atoms with Crippen LogP contribution in [0.3, 0.4) is 0 Å². The molecule has 0 aliphatic rings. The Morgan fingerprint density at radius 3 is 2.73 bits per heavy atom. The highest BCUT2D eigenvalue weighted by molar-refractivity contribution is 7.71. The fraction of sp³-hybridized carbons (Fsp3) is 0.714. The smallest absolute Gasteiger partial charge is 0.194 e. The van der Waals surface area contributed by atoms with E-state index in [1.54, 1.807) is 0 Å². The zero-order valence-electron chi connectivity index (χ0n) is 7.09. The maximum Gasteiger partial charge on any atom is 0.194 e. The molecule has 1 aromatic heterocycles. The lowest BCUT2D eigenvalue weighted by molar-refractivity contribution is 0.638. The Morgan fingerprint density at radius 1 is 1.73 bits per heavy atom. The van der Waals surface area contributed by atoms with Gasteiger partial charge in [0.1, 0.15) is 5.82 Å². The fourth-order valence-electron chi connectivity index (χ4n) is 0.982. The van der Waals surface area contributed by atoms with Gasteiger partial charge in [0.25, 0.3) is 0 Å². The lowest BCUT2D eigenvalue weighted by Crippen LogP contribution is -2.01. The second-order valence-electron chi connectivity index (χ2n) is 2.76. The molecule has 1 N–H and O–H groups in total. The monoisotopic (exact) mass is 171 g/mol. The van der Waals surface area contributed by atoms with Crippen LogP contribution >= 0.6 is 12.2 Å². The van der Waals surface area contributed by atoms with Gasteiger partial charge in [-0.15, -0.1) is 0 Å². The Bertz CT molecular complexity index is 286. The molecule has 0 saturated carbocycles. The summed E-state index contributed by atoms with van der Waals surface area (Å²) in [5, 5.41) is 6.90. The summed E-state index contributed by atoms with van der Waals surface area (Å²) in [7, 11) is 1.94. The van der Waals surface area contributed by atoms with Gasteiger partial charge in [0.15, 0.2) is 4.77 Å². The first kappa shape index (κ1) is 8.46. The Labute approximate surface area is 71.4 Å². The van der Waals surface area contributed by atoms with Gasteiger partial charge in [-0.1, -0.05) is 13.8 Å². The summed E-state index contributed by atoms with van der Waals surface area (Å²) in [6.07, 6.45) is 1.09. The molecule has 0 saturated heterocycles. The summed E-state index contributed by atoms with van der Waals surface area (Å²) < 4.78 is 2.61. The third kappa shape index (κ3) is 1.50. The van der Waals surface area contributed by atoms with Crippen molar-refractivity contribution in [3.8, 4) is 0 Å². The van der Waals surface area contributed by atoms with Gasteiger partial charge in [-0.25, -0.2) is 0 Å². The third-order valence-electron chi connectivity index (χ3n) is 1.97. The van der Waals surface area contributed by atoms with E-state index in [-0.39, 0.29) is 0 Å². The van der Waals surface area contributed by atoms with Crippen molar-refractivity contribution in [1.82, 2.24) is 14.8 Å². The molecule has 1 aromatic rings. The normalized spacial score (nSPS) is 13.4.